The van der Waals surface area contributed by atoms with Crippen LogP contribution in [-0.4, -0.2) is 23.0 Å². The van der Waals surface area contributed by atoms with E-state index in [-0.39, 0.29) is 0 Å². The average Bonchev–Trinajstić information content (AvgIpc) is 2.30. The van der Waals surface area contributed by atoms with Crippen molar-refractivity contribution < 1.29 is 9.31 Å². The summed E-state index contributed by atoms with van der Waals surface area (Å²) in [6, 6.07) is 4.22. The van der Waals surface area contributed by atoms with Gasteiger partial charge < -0.3 is 5.32 Å². The average molecular weight is 258 g/mol. The highest BCUT2D eigenvalue weighted by Gasteiger charge is 2.16. The van der Waals surface area contributed by atoms with Crippen LogP contribution >= 0.6 is 11.8 Å². The molecule has 4 nitrogen and oxygen atoms in total. The molecule has 1 atom stereocenters. The molecule has 0 spiro atoms. The lowest BCUT2D eigenvalue weighted by molar-refractivity contribution is -0.387. The third-order valence-corrected chi connectivity index (χ3v) is 3.38. The molecule has 1 aromatic rings. The quantitative estimate of drug-likeness (QED) is 0.629. The summed E-state index contributed by atoms with van der Waals surface area (Å²) in [5.74, 6) is -0.748. The Labute approximate surface area is 104 Å². The van der Waals surface area contributed by atoms with Gasteiger partial charge in [-0.15, -0.1) is 0 Å². The number of benzene rings is 1. The maximum Gasteiger partial charge on any atom is 0.305 e. The van der Waals surface area contributed by atoms with E-state index >= 15 is 0 Å². The minimum absolute atomic E-state index is 0.304. The van der Waals surface area contributed by atoms with Gasteiger partial charge in [0.2, 0.25) is 5.82 Å². The van der Waals surface area contributed by atoms with Gasteiger partial charge in [0, 0.05) is 30.0 Å². The van der Waals surface area contributed by atoms with Crippen molar-refractivity contribution in [2.24, 2.45) is 0 Å². The Kier molecular flexibility index (Phi) is 5.37. The molecule has 1 unspecified atom stereocenters. The molecule has 0 fully saturated rings. The molecule has 0 aliphatic heterocycles. The van der Waals surface area contributed by atoms with E-state index in [9.17, 15) is 14.5 Å². The predicted octanol–water partition coefficient (Wildman–Crippen LogP) is 2.58. The highest BCUT2D eigenvalue weighted by molar-refractivity contribution is 7.99. The van der Waals surface area contributed by atoms with Crippen LogP contribution in [0.15, 0.2) is 18.2 Å². The van der Waals surface area contributed by atoms with Crippen molar-refractivity contribution >= 4 is 17.4 Å². The summed E-state index contributed by atoms with van der Waals surface area (Å²) in [7, 11) is 0. The van der Waals surface area contributed by atoms with Crippen LogP contribution in [0.1, 0.15) is 12.5 Å². The summed E-state index contributed by atoms with van der Waals surface area (Å²) in [6.45, 7) is 3.10. The summed E-state index contributed by atoms with van der Waals surface area (Å²) >= 11 is 1.71. The predicted molar refractivity (Wildman–Crippen MR) is 67.7 cm³/mol. The van der Waals surface area contributed by atoms with Crippen LogP contribution in [0.25, 0.3) is 0 Å². The van der Waals surface area contributed by atoms with Crippen molar-refractivity contribution in [3.8, 4) is 0 Å². The molecule has 0 bridgehead atoms. The van der Waals surface area contributed by atoms with Crippen LogP contribution in [0.3, 0.4) is 0 Å². The first-order chi connectivity index (χ1) is 8.06. The van der Waals surface area contributed by atoms with E-state index in [1.54, 1.807) is 17.8 Å². The first kappa shape index (κ1) is 13.9. The van der Waals surface area contributed by atoms with Crippen molar-refractivity contribution in [1.29, 1.82) is 0 Å². The Hall–Kier alpha value is -1.14. The van der Waals surface area contributed by atoms with Gasteiger partial charge in [-0.2, -0.15) is 16.2 Å². The molecular formula is C11H15FN2O2S. The lowest BCUT2D eigenvalue weighted by Crippen LogP contribution is -2.22. The molecule has 0 aromatic heterocycles. The number of nitro groups is 1. The molecular weight excluding hydrogens is 243 g/mol. The van der Waals surface area contributed by atoms with E-state index in [0.717, 1.165) is 6.54 Å². The molecule has 0 amide bonds. The third-order valence-electron chi connectivity index (χ3n) is 2.40. The fourth-order valence-corrected chi connectivity index (χ4v) is 1.62. The molecule has 0 aliphatic carbocycles. The monoisotopic (exact) mass is 258 g/mol. The number of nitro benzene ring substituents is 1. The summed E-state index contributed by atoms with van der Waals surface area (Å²) < 4.78 is 13.6. The largest absolute Gasteiger partial charge is 0.311 e. The molecule has 0 heterocycles. The number of rotatable bonds is 6. The molecule has 0 radical (unpaired) electrons. The number of halogens is 1. The van der Waals surface area contributed by atoms with Gasteiger partial charge >= 0.3 is 5.69 Å². The first-order valence-corrected chi connectivity index (χ1v) is 6.50. The maximum absolute atomic E-state index is 13.6. The van der Waals surface area contributed by atoms with E-state index in [1.165, 1.54) is 12.1 Å². The number of nitrogens with zero attached hydrogens (tertiary/aromatic N) is 1. The fourth-order valence-electron chi connectivity index (χ4n) is 1.34. The number of thioether (sulfide) groups is 1. The van der Waals surface area contributed by atoms with E-state index in [0.29, 0.717) is 17.4 Å². The van der Waals surface area contributed by atoms with Gasteiger partial charge in [-0.25, -0.2) is 0 Å². The van der Waals surface area contributed by atoms with Gasteiger partial charge in [-0.3, -0.25) is 10.1 Å². The molecule has 6 heteroatoms. The minimum Gasteiger partial charge on any atom is -0.311 e. The summed E-state index contributed by atoms with van der Waals surface area (Å²) in [4.78, 5) is 9.84. The topological polar surface area (TPSA) is 55.2 Å². The van der Waals surface area contributed by atoms with Gasteiger partial charge in [-0.1, -0.05) is 19.1 Å². The van der Waals surface area contributed by atoms with E-state index in [1.807, 2.05) is 6.26 Å². The van der Waals surface area contributed by atoms with Crippen molar-refractivity contribution in [2.75, 3.05) is 12.8 Å². The standard InChI is InChI=1S/C11H15FN2O2S/c1-8(17-2)6-13-7-9-4-3-5-10(11(9)12)14(15)16/h3-5,8,13H,6-7H2,1-2H3. The fraction of sp³-hybridized carbons (Fsp3) is 0.455. The summed E-state index contributed by atoms with van der Waals surface area (Å²) in [5, 5.41) is 14.0. The second-order valence-electron chi connectivity index (χ2n) is 3.68. The molecule has 0 saturated heterocycles. The van der Waals surface area contributed by atoms with E-state index in [4.69, 9.17) is 0 Å². The Morgan fingerprint density at radius 3 is 2.88 bits per heavy atom. The van der Waals surface area contributed by atoms with Crippen LogP contribution in [0, 0.1) is 15.9 Å². The lowest BCUT2D eigenvalue weighted by Gasteiger charge is -2.10. The van der Waals surface area contributed by atoms with Gasteiger partial charge in [0.25, 0.3) is 0 Å². The van der Waals surface area contributed by atoms with E-state index in [2.05, 4.69) is 12.2 Å². The Bertz CT molecular complexity index is 401. The van der Waals surface area contributed by atoms with Crippen LogP contribution in [0.2, 0.25) is 0 Å². The van der Waals surface area contributed by atoms with Crippen LogP contribution in [0.4, 0.5) is 10.1 Å². The van der Waals surface area contributed by atoms with Crippen molar-refractivity contribution in [3.05, 3.63) is 39.7 Å². The molecule has 17 heavy (non-hydrogen) atoms. The molecule has 1 aromatic carbocycles. The van der Waals surface area contributed by atoms with Gasteiger partial charge in [-0.05, 0) is 6.26 Å². The summed E-state index contributed by atoms with van der Waals surface area (Å²) in [6.07, 6.45) is 2.00. The van der Waals surface area contributed by atoms with Gasteiger partial charge in [0.05, 0.1) is 4.92 Å². The second kappa shape index (κ2) is 6.56. The van der Waals surface area contributed by atoms with Gasteiger partial charge in [0.1, 0.15) is 0 Å². The minimum atomic E-state index is -0.748. The zero-order valence-corrected chi connectivity index (χ0v) is 10.6. The number of nitrogens with one attached hydrogen (secondary N) is 1. The number of hydrogen-bond acceptors (Lipinski definition) is 4. The van der Waals surface area contributed by atoms with Crippen molar-refractivity contribution in [2.45, 2.75) is 18.7 Å². The van der Waals surface area contributed by atoms with Crippen LogP contribution < -0.4 is 5.32 Å². The van der Waals surface area contributed by atoms with Crippen LogP contribution in [0.5, 0.6) is 0 Å². The normalized spacial score (nSPS) is 12.4. The Morgan fingerprint density at radius 2 is 2.29 bits per heavy atom. The highest BCUT2D eigenvalue weighted by atomic mass is 32.2. The first-order valence-electron chi connectivity index (χ1n) is 5.21. The van der Waals surface area contributed by atoms with Crippen molar-refractivity contribution in [3.63, 3.8) is 0 Å². The van der Waals surface area contributed by atoms with E-state index < -0.39 is 16.4 Å². The lowest BCUT2D eigenvalue weighted by atomic mass is 10.2. The smallest absolute Gasteiger partial charge is 0.305 e. The Morgan fingerprint density at radius 1 is 1.59 bits per heavy atom. The third kappa shape index (κ3) is 3.98. The molecule has 0 aliphatic rings. The highest BCUT2D eigenvalue weighted by Crippen LogP contribution is 2.19. The maximum atomic E-state index is 13.6. The zero-order chi connectivity index (χ0) is 12.8. The van der Waals surface area contributed by atoms with Crippen molar-refractivity contribution in [1.82, 2.24) is 5.32 Å². The molecule has 1 rings (SSSR count). The number of hydrogen-bond donors (Lipinski definition) is 1. The van der Waals surface area contributed by atoms with Crippen LogP contribution in [-0.2, 0) is 6.54 Å². The molecule has 1 N–H and O–H groups in total. The summed E-state index contributed by atoms with van der Waals surface area (Å²) in [5.41, 5.74) is -0.144. The zero-order valence-electron chi connectivity index (χ0n) is 9.77. The molecule has 0 saturated carbocycles. The molecule has 94 valence electrons. The Balaban J connectivity index is 2.66. The SMILES string of the molecule is CSC(C)CNCc1cccc([N+](=O)[O-])c1F. The van der Waals surface area contributed by atoms with Gasteiger partial charge in [0.15, 0.2) is 0 Å². The second-order valence-corrected chi connectivity index (χ2v) is 4.96.